The molecule has 6 nitrogen and oxygen atoms in total. The van der Waals surface area contributed by atoms with Crippen LogP contribution in [0.15, 0.2) is 24.8 Å². The van der Waals surface area contributed by atoms with E-state index in [1.807, 2.05) is 31.0 Å². The van der Waals surface area contributed by atoms with Crippen LogP contribution in [-0.2, 0) is 7.05 Å². The van der Waals surface area contributed by atoms with Crippen molar-refractivity contribution < 1.29 is 0 Å². The lowest BCUT2D eigenvalue weighted by molar-refractivity contribution is 0.749. The van der Waals surface area contributed by atoms with Gasteiger partial charge >= 0.3 is 0 Å². The van der Waals surface area contributed by atoms with Gasteiger partial charge in [-0.25, -0.2) is 4.98 Å². The largest absolute Gasteiger partial charge is 0.367 e. The fourth-order valence-electron chi connectivity index (χ4n) is 3.33. The Balaban J connectivity index is 1.87. The molecule has 0 amide bonds. The summed E-state index contributed by atoms with van der Waals surface area (Å²) in [6.45, 7) is 2.02. The summed E-state index contributed by atoms with van der Waals surface area (Å²) < 4.78 is 3.93. The fraction of sp³-hybridized carbons (Fsp3) is 0.438. The van der Waals surface area contributed by atoms with E-state index >= 15 is 0 Å². The second kappa shape index (κ2) is 5.12. The molecule has 1 aliphatic rings. The van der Waals surface area contributed by atoms with Gasteiger partial charge in [-0.3, -0.25) is 14.1 Å². The molecule has 0 spiro atoms. The van der Waals surface area contributed by atoms with Crippen LogP contribution in [0.25, 0.3) is 16.9 Å². The van der Waals surface area contributed by atoms with E-state index in [-0.39, 0.29) is 0 Å². The van der Waals surface area contributed by atoms with Gasteiger partial charge in [-0.05, 0) is 19.8 Å². The van der Waals surface area contributed by atoms with E-state index in [1.54, 1.807) is 12.4 Å². The van der Waals surface area contributed by atoms with Crippen LogP contribution in [0.2, 0.25) is 0 Å². The van der Waals surface area contributed by atoms with Gasteiger partial charge in [0.2, 0.25) is 0 Å². The molecular weight excluding hydrogens is 276 g/mol. The van der Waals surface area contributed by atoms with Crippen LogP contribution in [0.1, 0.15) is 31.4 Å². The third-order valence-electron chi connectivity index (χ3n) is 4.39. The number of hydrogen-bond acceptors (Lipinski definition) is 4. The number of nitrogens with zero attached hydrogens (tertiary/aromatic N) is 5. The molecule has 0 radical (unpaired) electrons. The van der Waals surface area contributed by atoms with Gasteiger partial charge in [0.05, 0.1) is 11.9 Å². The normalized spacial score (nSPS) is 15.7. The minimum Gasteiger partial charge on any atom is -0.367 e. The smallest absolute Gasteiger partial charge is 0.157 e. The molecule has 0 unspecified atom stereocenters. The van der Waals surface area contributed by atoms with Crippen LogP contribution in [0.5, 0.6) is 0 Å². The summed E-state index contributed by atoms with van der Waals surface area (Å²) in [5, 5.41) is 8.16. The number of rotatable bonds is 3. The first-order valence-electron chi connectivity index (χ1n) is 7.81. The number of anilines is 1. The zero-order valence-electron chi connectivity index (χ0n) is 13.0. The van der Waals surface area contributed by atoms with Crippen LogP contribution >= 0.6 is 0 Å². The van der Waals surface area contributed by atoms with E-state index in [9.17, 15) is 0 Å². The van der Waals surface area contributed by atoms with E-state index < -0.39 is 0 Å². The van der Waals surface area contributed by atoms with Gasteiger partial charge in [0, 0.05) is 37.2 Å². The van der Waals surface area contributed by atoms with Crippen LogP contribution in [-0.4, -0.2) is 30.2 Å². The summed E-state index contributed by atoms with van der Waals surface area (Å²) in [5.74, 6) is 1.06. The first kappa shape index (κ1) is 13.3. The summed E-state index contributed by atoms with van der Waals surface area (Å²) in [7, 11) is 1.94. The van der Waals surface area contributed by atoms with Gasteiger partial charge in [-0.15, -0.1) is 0 Å². The van der Waals surface area contributed by atoms with Crippen LogP contribution in [0, 0.1) is 6.92 Å². The molecule has 1 N–H and O–H groups in total. The molecule has 0 bridgehead atoms. The van der Waals surface area contributed by atoms with Crippen molar-refractivity contribution in [3.63, 3.8) is 0 Å². The third-order valence-corrected chi connectivity index (χ3v) is 4.39. The number of aryl methyl sites for hydroxylation is 2. The Morgan fingerprint density at radius 2 is 2.09 bits per heavy atom. The first-order chi connectivity index (χ1) is 10.7. The molecule has 0 atom stereocenters. The lowest BCUT2D eigenvalue weighted by Crippen LogP contribution is -2.16. The van der Waals surface area contributed by atoms with Gasteiger partial charge < -0.3 is 5.32 Å². The van der Waals surface area contributed by atoms with Crippen molar-refractivity contribution in [2.45, 2.75) is 38.6 Å². The molecule has 22 heavy (non-hydrogen) atoms. The highest BCUT2D eigenvalue weighted by molar-refractivity contribution is 5.77. The maximum absolute atomic E-state index is 4.78. The molecule has 1 aliphatic carbocycles. The summed E-state index contributed by atoms with van der Waals surface area (Å²) >= 11 is 0. The topological polar surface area (TPSA) is 60.0 Å². The predicted octanol–water partition coefficient (Wildman–Crippen LogP) is 2.79. The summed E-state index contributed by atoms with van der Waals surface area (Å²) in [5.41, 5.74) is 3.90. The predicted molar refractivity (Wildman–Crippen MR) is 85.8 cm³/mol. The molecule has 1 saturated carbocycles. The Morgan fingerprint density at radius 1 is 1.27 bits per heavy atom. The molecule has 0 saturated heterocycles. The zero-order chi connectivity index (χ0) is 15.1. The Kier molecular flexibility index (Phi) is 3.10. The van der Waals surface area contributed by atoms with Crippen LogP contribution in [0.4, 0.5) is 5.82 Å². The van der Waals surface area contributed by atoms with E-state index in [1.165, 1.54) is 25.7 Å². The van der Waals surface area contributed by atoms with Crippen molar-refractivity contribution in [1.82, 2.24) is 24.1 Å². The maximum atomic E-state index is 4.78. The highest BCUT2D eigenvalue weighted by Gasteiger charge is 2.22. The third kappa shape index (κ3) is 2.15. The maximum Gasteiger partial charge on any atom is 0.157 e. The molecule has 0 aromatic carbocycles. The Bertz CT molecular complexity index is 809. The Morgan fingerprint density at radius 3 is 2.82 bits per heavy atom. The minimum absolute atomic E-state index is 0.531. The molecule has 3 aromatic heterocycles. The van der Waals surface area contributed by atoms with Crippen molar-refractivity contribution in [1.29, 1.82) is 0 Å². The van der Waals surface area contributed by atoms with Gasteiger partial charge in [0.1, 0.15) is 11.5 Å². The number of fused-ring (bicyclic) bond motifs is 1. The Labute approximate surface area is 129 Å². The van der Waals surface area contributed by atoms with E-state index in [0.29, 0.717) is 6.04 Å². The SMILES string of the molecule is Cc1nn(C)cc1-c1nc2cnccn2c1NC1CCCC1. The molecule has 3 aromatic rings. The Hall–Kier alpha value is -2.37. The van der Waals surface area contributed by atoms with E-state index in [0.717, 1.165) is 28.4 Å². The minimum atomic E-state index is 0.531. The summed E-state index contributed by atoms with van der Waals surface area (Å²) in [4.78, 5) is 8.97. The van der Waals surface area contributed by atoms with Crippen LogP contribution in [0.3, 0.4) is 0 Å². The van der Waals surface area contributed by atoms with Crippen molar-refractivity contribution in [2.24, 2.45) is 7.05 Å². The quantitative estimate of drug-likeness (QED) is 0.807. The van der Waals surface area contributed by atoms with Gasteiger partial charge in [-0.2, -0.15) is 5.10 Å². The summed E-state index contributed by atoms with van der Waals surface area (Å²) in [6.07, 6.45) is 12.7. The molecule has 3 heterocycles. The standard InChI is InChI=1S/C16H20N6/c1-11-13(10-21(2)20-11)15-16(18-12-5-3-4-6-12)22-8-7-17-9-14(22)19-15/h7-10,12,18H,3-6H2,1-2H3. The summed E-state index contributed by atoms with van der Waals surface area (Å²) in [6, 6.07) is 0.531. The zero-order valence-corrected chi connectivity index (χ0v) is 13.0. The molecule has 1 fully saturated rings. The molecule has 6 heteroatoms. The van der Waals surface area contributed by atoms with Crippen molar-refractivity contribution in [3.05, 3.63) is 30.5 Å². The van der Waals surface area contributed by atoms with Gasteiger partial charge in [0.25, 0.3) is 0 Å². The van der Waals surface area contributed by atoms with E-state index in [4.69, 9.17) is 4.98 Å². The average Bonchev–Trinajstić information content (AvgIpc) is 3.20. The van der Waals surface area contributed by atoms with Crippen molar-refractivity contribution in [2.75, 3.05) is 5.32 Å². The number of nitrogens with one attached hydrogen (secondary N) is 1. The molecular formula is C16H20N6. The van der Waals surface area contributed by atoms with E-state index in [2.05, 4.69) is 19.8 Å². The monoisotopic (exact) mass is 296 g/mol. The van der Waals surface area contributed by atoms with Crippen molar-refractivity contribution >= 4 is 11.5 Å². The number of hydrogen-bond donors (Lipinski definition) is 1. The first-order valence-corrected chi connectivity index (χ1v) is 7.81. The second-order valence-electron chi connectivity index (χ2n) is 6.04. The lowest BCUT2D eigenvalue weighted by atomic mass is 10.2. The fourth-order valence-corrected chi connectivity index (χ4v) is 3.33. The van der Waals surface area contributed by atoms with Crippen LogP contribution < -0.4 is 5.32 Å². The highest BCUT2D eigenvalue weighted by atomic mass is 15.3. The van der Waals surface area contributed by atoms with Gasteiger partial charge in [0.15, 0.2) is 5.65 Å². The van der Waals surface area contributed by atoms with Crippen molar-refractivity contribution in [3.8, 4) is 11.3 Å². The number of imidazole rings is 1. The average molecular weight is 296 g/mol. The van der Waals surface area contributed by atoms with Gasteiger partial charge in [-0.1, -0.05) is 12.8 Å². The highest BCUT2D eigenvalue weighted by Crippen LogP contribution is 2.32. The molecule has 4 rings (SSSR count). The molecule has 114 valence electrons. The lowest BCUT2D eigenvalue weighted by Gasteiger charge is -2.14. The number of aromatic nitrogens is 5. The second-order valence-corrected chi connectivity index (χ2v) is 6.04. The molecule has 0 aliphatic heterocycles.